The zero-order valence-corrected chi connectivity index (χ0v) is 8.17. The maximum atomic E-state index is 10.9. The number of ether oxygens (including phenoxy) is 1. The molecule has 0 aromatic heterocycles. The molecule has 0 radical (unpaired) electrons. The molecule has 0 aliphatic heterocycles. The highest BCUT2D eigenvalue weighted by molar-refractivity contribution is 5.70. The van der Waals surface area contributed by atoms with Crippen LogP contribution < -0.4 is 0 Å². The third-order valence-electron chi connectivity index (χ3n) is 1.97. The number of carbonyl (C=O) groups is 1. The molecule has 0 spiro atoms. The van der Waals surface area contributed by atoms with E-state index in [4.69, 9.17) is 10.2 Å². The van der Waals surface area contributed by atoms with Crippen LogP contribution in [0.3, 0.4) is 0 Å². The topological polar surface area (TPSA) is 87.0 Å². The molecule has 0 saturated carbocycles. The third-order valence-corrected chi connectivity index (χ3v) is 1.97. The Morgan fingerprint density at radius 2 is 2.07 bits per heavy atom. The molecular formula is C10H12O5. The lowest BCUT2D eigenvalue weighted by atomic mass is 10.1. The van der Waals surface area contributed by atoms with Gasteiger partial charge < -0.3 is 20.1 Å². The second-order valence-corrected chi connectivity index (χ2v) is 3.04. The van der Waals surface area contributed by atoms with E-state index >= 15 is 0 Å². The van der Waals surface area contributed by atoms with Crippen molar-refractivity contribution >= 4 is 5.97 Å². The van der Waals surface area contributed by atoms with Crippen molar-refractivity contribution in [2.45, 2.75) is 12.5 Å². The number of benzene rings is 1. The zero-order valence-electron chi connectivity index (χ0n) is 8.17. The first kappa shape index (κ1) is 11.3. The van der Waals surface area contributed by atoms with Crippen molar-refractivity contribution < 1.29 is 24.9 Å². The van der Waals surface area contributed by atoms with Gasteiger partial charge in [-0.3, -0.25) is 4.79 Å². The van der Waals surface area contributed by atoms with E-state index in [1.165, 1.54) is 25.3 Å². The minimum atomic E-state index is -1.05. The van der Waals surface area contributed by atoms with Gasteiger partial charge in [0.1, 0.15) is 0 Å². The Balaban J connectivity index is 2.78. The van der Waals surface area contributed by atoms with Gasteiger partial charge >= 0.3 is 5.97 Å². The second-order valence-electron chi connectivity index (χ2n) is 3.04. The highest BCUT2D eigenvalue weighted by Gasteiger charge is 2.14. The molecule has 0 aliphatic rings. The second kappa shape index (κ2) is 4.65. The number of aliphatic hydroxyl groups excluding tert-OH is 1. The van der Waals surface area contributed by atoms with Gasteiger partial charge in [0.05, 0.1) is 19.6 Å². The van der Waals surface area contributed by atoms with E-state index < -0.39 is 12.1 Å². The van der Waals surface area contributed by atoms with Crippen LogP contribution >= 0.6 is 0 Å². The molecule has 0 aliphatic carbocycles. The molecular weight excluding hydrogens is 200 g/mol. The molecule has 82 valence electrons. The summed E-state index contributed by atoms with van der Waals surface area (Å²) in [5.41, 5.74) is 0.343. The van der Waals surface area contributed by atoms with Gasteiger partial charge in [-0.1, -0.05) is 6.07 Å². The van der Waals surface area contributed by atoms with E-state index in [0.717, 1.165) is 0 Å². The number of phenolic OH excluding ortho intramolecular Hbond substituents is 2. The van der Waals surface area contributed by atoms with E-state index in [9.17, 15) is 9.90 Å². The van der Waals surface area contributed by atoms with Gasteiger partial charge in [-0.15, -0.1) is 0 Å². The van der Waals surface area contributed by atoms with Gasteiger partial charge in [-0.25, -0.2) is 0 Å². The number of carbonyl (C=O) groups excluding carboxylic acids is 1. The maximum Gasteiger partial charge on any atom is 0.308 e. The standard InChI is InChI=1S/C10H12O5/c1-15-10(14)5-8(12)6-2-3-7(11)9(13)4-6/h2-4,8,11-13H,5H2,1H3/t8-/m0/s1. The van der Waals surface area contributed by atoms with Crippen LogP contribution in [0.4, 0.5) is 0 Å². The van der Waals surface area contributed by atoms with Gasteiger partial charge in [0, 0.05) is 0 Å². The predicted octanol–water partition coefficient (Wildman–Crippen LogP) is 0.694. The van der Waals surface area contributed by atoms with Crippen molar-refractivity contribution in [3.63, 3.8) is 0 Å². The molecule has 1 rings (SSSR count). The van der Waals surface area contributed by atoms with Gasteiger partial charge in [-0.05, 0) is 17.7 Å². The Labute approximate surface area is 86.5 Å². The third kappa shape index (κ3) is 2.85. The number of rotatable bonds is 3. The Morgan fingerprint density at radius 3 is 2.60 bits per heavy atom. The maximum absolute atomic E-state index is 10.9. The number of esters is 1. The first-order valence-corrected chi connectivity index (χ1v) is 4.31. The first-order valence-electron chi connectivity index (χ1n) is 4.31. The van der Waals surface area contributed by atoms with Crippen molar-refractivity contribution in [1.82, 2.24) is 0 Å². The Bertz CT molecular complexity index is 361. The average Bonchev–Trinajstić information content (AvgIpc) is 2.21. The quantitative estimate of drug-likeness (QED) is 0.507. The first-order chi connectivity index (χ1) is 7.04. The molecule has 15 heavy (non-hydrogen) atoms. The summed E-state index contributed by atoms with van der Waals surface area (Å²) in [5, 5.41) is 27.7. The summed E-state index contributed by atoms with van der Waals surface area (Å²) in [7, 11) is 1.23. The highest BCUT2D eigenvalue weighted by Crippen LogP contribution is 2.28. The summed E-state index contributed by atoms with van der Waals surface area (Å²) >= 11 is 0. The van der Waals surface area contributed by atoms with Crippen LogP contribution in [0, 0.1) is 0 Å². The Hall–Kier alpha value is -1.75. The molecule has 0 saturated heterocycles. The van der Waals surface area contributed by atoms with E-state index in [0.29, 0.717) is 5.56 Å². The summed E-state index contributed by atoms with van der Waals surface area (Å²) in [5.74, 6) is -1.16. The van der Waals surface area contributed by atoms with Crippen LogP contribution in [0.15, 0.2) is 18.2 Å². The van der Waals surface area contributed by atoms with Gasteiger partial charge in [0.15, 0.2) is 11.5 Å². The number of hydrogen-bond donors (Lipinski definition) is 3. The number of phenols is 2. The van der Waals surface area contributed by atoms with Gasteiger partial charge in [-0.2, -0.15) is 0 Å². The molecule has 3 N–H and O–H groups in total. The van der Waals surface area contributed by atoms with E-state index in [-0.39, 0.29) is 17.9 Å². The van der Waals surface area contributed by atoms with Crippen LogP contribution in [0.5, 0.6) is 11.5 Å². The minimum absolute atomic E-state index is 0.194. The van der Waals surface area contributed by atoms with Crippen LogP contribution in [0.2, 0.25) is 0 Å². The molecule has 0 fully saturated rings. The zero-order chi connectivity index (χ0) is 11.4. The average molecular weight is 212 g/mol. The van der Waals surface area contributed by atoms with Crippen LogP contribution in [0.25, 0.3) is 0 Å². The molecule has 0 bridgehead atoms. The number of hydrogen-bond acceptors (Lipinski definition) is 5. The molecule has 5 nitrogen and oxygen atoms in total. The normalized spacial score (nSPS) is 12.1. The summed E-state index contributed by atoms with van der Waals surface area (Å²) in [6.45, 7) is 0. The number of aromatic hydroxyl groups is 2. The van der Waals surface area contributed by atoms with Crippen LogP contribution in [-0.2, 0) is 9.53 Å². The largest absolute Gasteiger partial charge is 0.504 e. The Kier molecular flexibility index (Phi) is 3.51. The summed E-state index contributed by atoms with van der Waals surface area (Å²) in [6, 6.07) is 3.86. The van der Waals surface area contributed by atoms with Crippen molar-refractivity contribution in [3.8, 4) is 11.5 Å². The monoisotopic (exact) mass is 212 g/mol. The lowest BCUT2D eigenvalue weighted by Gasteiger charge is -2.10. The van der Waals surface area contributed by atoms with E-state index in [1.54, 1.807) is 0 Å². The van der Waals surface area contributed by atoms with Crippen molar-refractivity contribution in [2.75, 3.05) is 7.11 Å². The van der Waals surface area contributed by atoms with Crippen molar-refractivity contribution in [1.29, 1.82) is 0 Å². The van der Waals surface area contributed by atoms with E-state index in [1.807, 2.05) is 0 Å². The van der Waals surface area contributed by atoms with E-state index in [2.05, 4.69) is 4.74 Å². The Morgan fingerprint density at radius 1 is 1.40 bits per heavy atom. The predicted molar refractivity (Wildman–Crippen MR) is 51.4 cm³/mol. The molecule has 1 aromatic carbocycles. The summed E-state index contributed by atoms with van der Waals surface area (Å²) < 4.78 is 4.39. The molecule has 5 heteroatoms. The minimum Gasteiger partial charge on any atom is -0.504 e. The lowest BCUT2D eigenvalue weighted by Crippen LogP contribution is -2.07. The molecule has 0 amide bonds. The smallest absolute Gasteiger partial charge is 0.308 e. The molecule has 0 unspecified atom stereocenters. The van der Waals surface area contributed by atoms with Crippen LogP contribution in [-0.4, -0.2) is 28.4 Å². The molecule has 0 heterocycles. The highest BCUT2D eigenvalue weighted by atomic mass is 16.5. The lowest BCUT2D eigenvalue weighted by molar-refractivity contribution is -0.142. The fourth-order valence-corrected chi connectivity index (χ4v) is 1.11. The van der Waals surface area contributed by atoms with Gasteiger partial charge in [0.25, 0.3) is 0 Å². The van der Waals surface area contributed by atoms with Crippen molar-refractivity contribution in [2.24, 2.45) is 0 Å². The molecule has 1 atom stereocenters. The fraction of sp³-hybridized carbons (Fsp3) is 0.300. The van der Waals surface area contributed by atoms with Crippen LogP contribution in [0.1, 0.15) is 18.1 Å². The van der Waals surface area contributed by atoms with Gasteiger partial charge in [0.2, 0.25) is 0 Å². The number of methoxy groups -OCH3 is 1. The molecule has 1 aromatic rings. The fourth-order valence-electron chi connectivity index (χ4n) is 1.11. The summed E-state index contributed by atoms with van der Waals surface area (Å²) in [4.78, 5) is 10.9. The summed E-state index contributed by atoms with van der Waals surface area (Å²) in [6.07, 6.45) is -1.25. The SMILES string of the molecule is COC(=O)C[C@H](O)c1ccc(O)c(O)c1. The number of aliphatic hydroxyl groups is 1. The van der Waals surface area contributed by atoms with Crippen molar-refractivity contribution in [3.05, 3.63) is 23.8 Å².